The summed E-state index contributed by atoms with van der Waals surface area (Å²) in [6.07, 6.45) is -3.82. The molecule has 0 spiro atoms. The number of alkyl halides is 4. The van der Waals surface area contributed by atoms with Crippen molar-refractivity contribution in [2.24, 2.45) is 0 Å². The Balaban J connectivity index is 2.71. The Morgan fingerprint density at radius 3 is 2.38 bits per heavy atom. The molecular weight excluding hydrogens is 292 g/mol. The Morgan fingerprint density at radius 1 is 1.24 bits per heavy atom. The summed E-state index contributed by atoms with van der Waals surface area (Å²) in [4.78, 5) is 11.9. The highest BCUT2D eigenvalue weighted by Gasteiger charge is 2.41. The van der Waals surface area contributed by atoms with E-state index in [9.17, 15) is 22.4 Å². The summed E-state index contributed by atoms with van der Waals surface area (Å²) in [7, 11) is 1.48. The molecule has 1 aromatic carbocycles. The molecule has 0 amide bonds. The number of benzene rings is 1. The molecule has 21 heavy (non-hydrogen) atoms. The molecule has 0 fully saturated rings. The van der Waals surface area contributed by atoms with Crippen molar-refractivity contribution in [3.8, 4) is 5.75 Å². The van der Waals surface area contributed by atoms with Crippen molar-refractivity contribution in [3.63, 3.8) is 0 Å². The topological polar surface area (TPSA) is 35.5 Å². The summed E-state index contributed by atoms with van der Waals surface area (Å²) in [5.74, 6) is -4.22. The van der Waals surface area contributed by atoms with Gasteiger partial charge >= 0.3 is 12.3 Å². The molecule has 1 rings (SSSR count). The Kier molecular flexibility index (Phi) is 5.71. The van der Waals surface area contributed by atoms with Gasteiger partial charge in [0, 0.05) is 5.56 Å². The van der Waals surface area contributed by atoms with Crippen LogP contribution in [-0.4, -0.2) is 38.5 Å². The number of carbonyl (C=O) groups is 1. The molecule has 3 nitrogen and oxygen atoms in total. The van der Waals surface area contributed by atoms with Crippen LogP contribution in [-0.2, 0) is 4.74 Å². The summed E-state index contributed by atoms with van der Waals surface area (Å²) in [6.45, 7) is 1.20. The first-order valence-electron chi connectivity index (χ1n) is 6.11. The molecule has 118 valence electrons. The van der Waals surface area contributed by atoms with Crippen molar-refractivity contribution >= 4 is 5.78 Å². The minimum Gasteiger partial charge on any atom is -0.496 e. The normalized spacial score (nSPS) is 11.8. The van der Waals surface area contributed by atoms with Crippen molar-refractivity contribution in [3.05, 3.63) is 28.8 Å². The highest BCUT2D eigenvalue weighted by atomic mass is 19.3. The second-order valence-electron chi connectivity index (χ2n) is 4.61. The largest absolute Gasteiger partial charge is 0.496 e. The average Bonchev–Trinajstić information content (AvgIpc) is 2.40. The molecule has 0 saturated carbocycles. The molecule has 0 bridgehead atoms. The fourth-order valence-electron chi connectivity index (χ4n) is 1.73. The second kappa shape index (κ2) is 6.89. The van der Waals surface area contributed by atoms with E-state index in [1.807, 2.05) is 0 Å². The number of Topliss-reactive ketones (excluding diaryl/α,β-unsaturated/α-hetero) is 1. The number of halogens is 4. The van der Waals surface area contributed by atoms with Crippen LogP contribution in [0.25, 0.3) is 0 Å². The van der Waals surface area contributed by atoms with Crippen molar-refractivity contribution in [1.82, 2.24) is 0 Å². The van der Waals surface area contributed by atoms with Gasteiger partial charge in [0.05, 0.1) is 7.11 Å². The van der Waals surface area contributed by atoms with Crippen LogP contribution in [0.2, 0.25) is 0 Å². The molecular formula is C14H16F4O3. The lowest BCUT2D eigenvalue weighted by molar-refractivity contribution is -0.163. The lowest BCUT2D eigenvalue weighted by Gasteiger charge is -2.15. The van der Waals surface area contributed by atoms with Crippen LogP contribution >= 0.6 is 0 Å². The highest BCUT2D eigenvalue weighted by molar-refractivity contribution is 5.98. The molecule has 0 aliphatic rings. The van der Waals surface area contributed by atoms with Gasteiger partial charge in [-0.15, -0.1) is 0 Å². The van der Waals surface area contributed by atoms with E-state index in [-0.39, 0.29) is 5.56 Å². The Hall–Kier alpha value is -1.63. The van der Waals surface area contributed by atoms with Crippen molar-refractivity contribution in [2.75, 3.05) is 20.3 Å². The van der Waals surface area contributed by atoms with Gasteiger partial charge in [-0.1, -0.05) is 0 Å². The molecule has 0 aliphatic heterocycles. The maximum Gasteiger partial charge on any atom is 0.330 e. The maximum absolute atomic E-state index is 12.6. The fraction of sp³-hybridized carbons (Fsp3) is 0.500. The highest BCUT2D eigenvalue weighted by Crippen LogP contribution is 2.24. The zero-order chi connectivity index (χ0) is 16.2. The minimum atomic E-state index is -4.26. The molecule has 0 heterocycles. The van der Waals surface area contributed by atoms with Crippen LogP contribution < -0.4 is 4.74 Å². The molecule has 1 aromatic rings. The van der Waals surface area contributed by atoms with Crippen LogP contribution in [0.5, 0.6) is 5.75 Å². The molecule has 0 aliphatic carbocycles. The minimum absolute atomic E-state index is 0.286. The second-order valence-corrected chi connectivity index (χ2v) is 4.61. The Bertz CT molecular complexity index is 515. The third-order valence-electron chi connectivity index (χ3n) is 2.89. The molecule has 0 radical (unpaired) electrons. The van der Waals surface area contributed by atoms with E-state index in [0.717, 1.165) is 0 Å². The first kappa shape index (κ1) is 17.4. The first-order chi connectivity index (χ1) is 9.69. The monoisotopic (exact) mass is 308 g/mol. The predicted octanol–water partition coefficient (Wildman–Crippen LogP) is 3.41. The van der Waals surface area contributed by atoms with Crippen LogP contribution in [0.15, 0.2) is 12.1 Å². The SMILES string of the molecule is COc1cc(C)c(C(=O)COCC(F)(F)C(F)F)cc1C. The number of ketones is 1. The van der Waals surface area contributed by atoms with E-state index in [4.69, 9.17) is 4.74 Å². The van der Waals surface area contributed by atoms with Gasteiger partial charge in [-0.3, -0.25) is 4.79 Å². The van der Waals surface area contributed by atoms with E-state index in [2.05, 4.69) is 4.74 Å². The van der Waals surface area contributed by atoms with Gasteiger partial charge in [-0.2, -0.15) is 8.78 Å². The van der Waals surface area contributed by atoms with Crippen LogP contribution in [0.3, 0.4) is 0 Å². The molecule has 0 aromatic heterocycles. The van der Waals surface area contributed by atoms with E-state index >= 15 is 0 Å². The molecule has 0 saturated heterocycles. The summed E-state index contributed by atoms with van der Waals surface area (Å²) in [5.41, 5.74) is 1.57. The standard InChI is InChI=1S/C14H16F4O3/c1-8-5-12(20-3)9(2)4-10(8)11(19)6-21-7-14(17,18)13(15)16/h4-5,13H,6-7H2,1-3H3. The number of carbonyl (C=O) groups excluding carboxylic acids is 1. The lowest BCUT2D eigenvalue weighted by atomic mass is 10.0. The lowest BCUT2D eigenvalue weighted by Crippen LogP contribution is -2.33. The summed E-state index contributed by atoms with van der Waals surface area (Å²) in [5, 5.41) is 0. The van der Waals surface area contributed by atoms with Gasteiger partial charge in [0.2, 0.25) is 0 Å². The third kappa shape index (κ3) is 4.42. The number of hydrogen-bond acceptors (Lipinski definition) is 3. The van der Waals surface area contributed by atoms with Gasteiger partial charge in [-0.25, -0.2) is 8.78 Å². The van der Waals surface area contributed by atoms with Gasteiger partial charge in [-0.05, 0) is 37.1 Å². The molecule has 0 unspecified atom stereocenters. The average molecular weight is 308 g/mol. The van der Waals surface area contributed by atoms with E-state index in [0.29, 0.717) is 16.9 Å². The molecule has 7 heteroatoms. The Labute approximate surface area is 119 Å². The van der Waals surface area contributed by atoms with E-state index in [1.165, 1.54) is 7.11 Å². The zero-order valence-corrected chi connectivity index (χ0v) is 11.9. The number of hydrogen-bond donors (Lipinski definition) is 0. The van der Waals surface area contributed by atoms with E-state index in [1.54, 1.807) is 26.0 Å². The van der Waals surface area contributed by atoms with Crippen molar-refractivity contribution in [1.29, 1.82) is 0 Å². The number of methoxy groups -OCH3 is 1. The fourth-order valence-corrected chi connectivity index (χ4v) is 1.73. The van der Waals surface area contributed by atoms with Crippen molar-refractivity contribution in [2.45, 2.75) is 26.2 Å². The zero-order valence-electron chi connectivity index (χ0n) is 11.9. The van der Waals surface area contributed by atoms with E-state index < -0.39 is 31.3 Å². The molecule has 0 N–H and O–H groups in total. The quantitative estimate of drug-likeness (QED) is 0.572. The van der Waals surface area contributed by atoms with Crippen LogP contribution in [0.1, 0.15) is 21.5 Å². The Morgan fingerprint density at radius 2 is 1.86 bits per heavy atom. The van der Waals surface area contributed by atoms with Crippen molar-refractivity contribution < 1.29 is 31.8 Å². The van der Waals surface area contributed by atoms with Gasteiger partial charge in [0.15, 0.2) is 5.78 Å². The number of ether oxygens (including phenoxy) is 2. The summed E-state index contributed by atoms with van der Waals surface area (Å²) < 4.78 is 58.6. The molecule has 0 atom stereocenters. The number of aryl methyl sites for hydroxylation is 2. The van der Waals surface area contributed by atoms with Gasteiger partial charge in [0.1, 0.15) is 19.0 Å². The first-order valence-corrected chi connectivity index (χ1v) is 6.11. The number of rotatable bonds is 7. The smallest absolute Gasteiger partial charge is 0.330 e. The summed E-state index contributed by atoms with van der Waals surface area (Å²) in [6, 6.07) is 3.18. The van der Waals surface area contributed by atoms with Crippen LogP contribution in [0.4, 0.5) is 17.6 Å². The van der Waals surface area contributed by atoms with Gasteiger partial charge < -0.3 is 9.47 Å². The summed E-state index contributed by atoms with van der Waals surface area (Å²) >= 11 is 0. The van der Waals surface area contributed by atoms with Crippen LogP contribution in [0, 0.1) is 13.8 Å². The van der Waals surface area contributed by atoms with Gasteiger partial charge in [0.25, 0.3) is 0 Å². The predicted molar refractivity (Wildman–Crippen MR) is 68.6 cm³/mol. The third-order valence-corrected chi connectivity index (χ3v) is 2.89. The maximum atomic E-state index is 12.6.